The SMILES string of the molecule is O=C(NCC(=O)N(CCc1ccccc1)C(C(=O)NC1CCCC1)c1ccco1)c1cccs1. The molecule has 1 fully saturated rings. The molecule has 4 rings (SSSR count). The van der Waals surface area contributed by atoms with E-state index in [0.717, 1.165) is 31.2 Å². The summed E-state index contributed by atoms with van der Waals surface area (Å²) in [7, 11) is 0. The quantitative estimate of drug-likeness (QED) is 0.461. The summed E-state index contributed by atoms with van der Waals surface area (Å²) in [4.78, 5) is 41.3. The summed E-state index contributed by atoms with van der Waals surface area (Å²) in [6.45, 7) is 0.0978. The number of amides is 3. The van der Waals surface area contributed by atoms with Crippen molar-refractivity contribution < 1.29 is 18.8 Å². The Bertz CT molecular complexity index is 1060. The van der Waals surface area contributed by atoms with Crippen LogP contribution in [0, 0.1) is 0 Å². The fourth-order valence-corrected chi connectivity index (χ4v) is 4.91. The predicted molar refractivity (Wildman–Crippen MR) is 130 cm³/mol. The number of nitrogens with one attached hydrogen (secondary N) is 2. The van der Waals surface area contributed by atoms with Gasteiger partial charge in [0.05, 0.1) is 17.7 Å². The molecule has 0 bridgehead atoms. The Hall–Kier alpha value is -3.39. The van der Waals surface area contributed by atoms with Gasteiger partial charge in [0, 0.05) is 12.6 Å². The van der Waals surface area contributed by atoms with Gasteiger partial charge in [-0.25, -0.2) is 0 Å². The van der Waals surface area contributed by atoms with Gasteiger partial charge in [0.2, 0.25) is 5.91 Å². The average Bonchev–Trinajstić information content (AvgIpc) is 3.64. The lowest BCUT2D eigenvalue weighted by Gasteiger charge is -2.31. The van der Waals surface area contributed by atoms with E-state index in [4.69, 9.17) is 4.42 Å². The molecule has 0 saturated heterocycles. The number of carbonyl (C=O) groups is 3. The summed E-state index contributed by atoms with van der Waals surface area (Å²) >= 11 is 1.31. The van der Waals surface area contributed by atoms with Crippen LogP contribution in [0.15, 0.2) is 70.7 Å². The highest BCUT2D eigenvalue weighted by molar-refractivity contribution is 7.12. The van der Waals surface area contributed by atoms with Gasteiger partial charge in [-0.1, -0.05) is 49.2 Å². The first-order valence-corrected chi connectivity index (χ1v) is 12.5. The minimum absolute atomic E-state index is 0.106. The van der Waals surface area contributed by atoms with Crippen LogP contribution in [-0.4, -0.2) is 41.8 Å². The molecule has 1 aliphatic rings. The fraction of sp³-hybridized carbons (Fsp3) is 0.346. The third kappa shape index (κ3) is 6.14. The van der Waals surface area contributed by atoms with Gasteiger partial charge in [-0.05, 0) is 48.4 Å². The molecule has 2 heterocycles. The van der Waals surface area contributed by atoms with E-state index >= 15 is 0 Å². The number of hydrogen-bond donors (Lipinski definition) is 2. The molecule has 0 radical (unpaired) electrons. The summed E-state index contributed by atoms with van der Waals surface area (Å²) < 4.78 is 5.61. The van der Waals surface area contributed by atoms with Gasteiger partial charge in [-0.3, -0.25) is 14.4 Å². The van der Waals surface area contributed by atoms with Crippen LogP contribution in [0.1, 0.15) is 52.7 Å². The standard InChI is InChI=1S/C26H29N3O4S/c30-23(18-27-25(31)22-13-7-17-34-22)29(15-14-19-8-2-1-3-9-19)24(21-12-6-16-33-21)26(32)28-20-10-4-5-11-20/h1-3,6-9,12-13,16-17,20,24H,4-5,10-11,14-15,18H2,(H,27,31)(H,28,32). The van der Waals surface area contributed by atoms with E-state index in [1.54, 1.807) is 24.3 Å². The van der Waals surface area contributed by atoms with Crippen molar-refractivity contribution in [1.82, 2.24) is 15.5 Å². The molecule has 1 unspecified atom stereocenters. The summed E-state index contributed by atoms with van der Waals surface area (Å²) in [5.74, 6) is -0.505. The molecule has 7 nitrogen and oxygen atoms in total. The predicted octanol–water partition coefficient (Wildman–Crippen LogP) is 3.94. The van der Waals surface area contributed by atoms with E-state index in [9.17, 15) is 14.4 Å². The first-order valence-electron chi connectivity index (χ1n) is 11.6. The van der Waals surface area contributed by atoms with Crippen molar-refractivity contribution in [1.29, 1.82) is 0 Å². The van der Waals surface area contributed by atoms with E-state index in [1.807, 2.05) is 35.7 Å². The van der Waals surface area contributed by atoms with Gasteiger partial charge in [-0.15, -0.1) is 11.3 Å². The summed E-state index contributed by atoms with van der Waals surface area (Å²) in [6, 6.07) is 15.9. The molecule has 1 aromatic carbocycles. The van der Waals surface area contributed by atoms with Crippen molar-refractivity contribution in [2.75, 3.05) is 13.1 Å². The lowest BCUT2D eigenvalue weighted by atomic mass is 10.1. The number of hydrogen-bond acceptors (Lipinski definition) is 5. The maximum absolute atomic E-state index is 13.4. The van der Waals surface area contributed by atoms with Crippen LogP contribution < -0.4 is 10.6 Å². The second-order valence-electron chi connectivity index (χ2n) is 8.39. The molecule has 3 aromatic rings. The number of nitrogens with zero attached hydrogens (tertiary/aromatic N) is 1. The smallest absolute Gasteiger partial charge is 0.261 e. The first-order chi connectivity index (χ1) is 16.6. The Labute approximate surface area is 203 Å². The van der Waals surface area contributed by atoms with E-state index in [0.29, 0.717) is 23.6 Å². The molecule has 3 amide bonds. The third-order valence-electron chi connectivity index (χ3n) is 6.02. The lowest BCUT2D eigenvalue weighted by molar-refractivity contribution is -0.141. The maximum Gasteiger partial charge on any atom is 0.261 e. The van der Waals surface area contributed by atoms with Crippen molar-refractivity contribution in [2.45, 2.75) is 44.2 Å². The minimum Gasteiger partial charge on any atom is -0.467 e. The van der Waals surface area contributed by atoms with Gasteiger partial charge < -0.3 is 20.0 Å². The molecule has 2 aromatic heterocycles. The Morgan fingerprint density at radius 2 is 1.82 bits per heavy atom. The summed E-state index contributed by atoms with van der Waals surface area (Å²) in [5, 5.41) is 7.61. The average molecular weight is 480 g/mol. The zero-order chi connectivity index (χ0) is 23.8. The van der Waals surface area contributed by atoms with Crippen molar-refractivity contribution in [2.24, 2.45) is 0 Å². The monoisotopic (exact) mass is 479 g/mol. The molecular formula is C26H29N3O4S. The molecule has 178 valence electrons. The van der Waals surface area contributed by atoms with Crippen LogP contribution in [0.5, 0.6) is 0 Å². The van der Waals surface area contributed by atoms with Gasteiger partial charge in [0.1, 0.15) is 5.76 Å². The summed E-state index contributed by atoms with van der Waals surface area (Å²) in [6.07, 6.45) is 6.11. The molecule has 0 aliphatic heterocycles. The van der Waals surface area contributed by atoms with E-state index in [2.05, 4.69) is 10.6 Å². The number of furan rings is 1. The van der Waals surface area contributed by atoms with Crippen LogP contribution in [0.4, 0.5) is 0 Å². The maximum atomic E-state index is 13.4. The first kappa shape index (κ1) is 23.8. The van der Waals surface area contributed by atoms with Crippen molar-refractivity contribution >= 4 is 29.1 Å². The van der Waals surface area contributed by atoms with Crippen LogP contribution in [-0.2, 0) is 16.0 Å². The Kier molecular flexibility index (Phi) is 8.14. The number of carbonyl (C=O) groups excluding carboxylic acids is 3. The molecule has 1 atom stereocenters. The molecule has 1 aliphatic carbocycles. The van der Waals surface area contributed by atoms with Crippen molar-refractivity contribution in [3.63, 3.8) is 0 Å². The topological polar surface area (TPSA) is 91.7 Å². The zero-order valence-electron chi connectivity index (χ0n) is 18.9. The van der Waals surface area contributed by atoms with Gasteiger partial charge in [-0.2, -0.15) is 0 Å². The second kappa shape index (κ2) is 11.7. The van der Waals surface area contributed by atoms with E-state index < -0.39 is 6.04 Å². The van der Waals surface area contributed by atoms with Crippen LogP contribution >= 0.6 is 11.3 Å². The summed E-state index contributed by atoms with van der Waals surface area (Å²) in [5.41, 5.74) is 1.05. The molecule has 8 heteroatoms. The zero-order valence-corrected chi connectivity index (χ0v) is 19.8. The molecule has 1 saturated carbocycles. The minimum atomic E-state index is -0.912. The Morgan fingerprint density at radius 1 is 1.03 bits per heavy atom. The number of thiophene rings is 1. The van der Waals surface area contributed by atoms with Crippen molar-refractivity contribution in [3.05, 3.63) is 82.4 Å². The van der Waals surface area contributed by atoms with E-state index in [1.165, 1.54) is 22.5 Å². The second-order valence-corrected chi connectivity index (χ2v) is 9.34. The fourth-order valence-electron chi connectivity index (χ4n) is 4.27. The molecule has 34 heavy (non-hydrogen) atoms. The van der Waals surface area contributed by atoms with Gasteiger partial charge in [0.25, 0.3) is 11.8 Å². The third-order valence-corrected chi connectivity index (χ3v) is 6.89. The Morgan fingerprint density at radius 3 is 2.50 bits per heavy atom. The molecular weight excluding hydrogens is 450 g/mol. The van der Waals surface area contributed by atoms with Gasteiger partial charge in [0.15, 0.2) is 6.04 Å². The van der Waals surface area contributed by atoms with Crippen molar-refractivity contribution in [3.8, 4) is 0 Å². The highest BCUT2D eigenvalue weighted by Gasteiger charge is 2.35. The highest BCUT2D eigenvalue weighted by Crippen LogP contribution is 2.25. The van der Waals surface area contributed by atoms with Gasteiger partial charge >= 0.3 is 0 Å². The molecule has 0 spiro atoms. The van der Waals surface area contributed by atoms with Crippen LogP contribution in [0.2, 0.25) is 0 Å². The Balaban J connectivity index is 1.54. The molecule has 2 N–H and O–H groups in total. The van der Waals surface area contributed by atoms with Crippen LogP contribution in [0.3, 0.4) is 0 Å². The number of benzene rings is 1. The lowest BCUT2D eigenvalue weighted by Crippen LogP contribution is -2.49. The number of rotatable bonds is 10. The van der Waals surface area contributed by atoms with Crippen LogP contribution in [0.25, 0.3) is 0 Å². The highest BCUT2D eigenvalue weighted by atomic mass is 32.1. The normalized spacial score (nSPS) is 14.5. The largest absolute Gasteiger partial charge is 0.467 e. The van der Waals surface area contributed by atoms with E-state index in [-0.39, 0.29) is 30.3 Å².